The Hall–Kier alpha value is -2.25. The van der Waals surface area contributed by atoms with Crippen LogP contribution >= 0.6 is 11.6 Å². The summed E-state index contributed by atoms with van der Waals surface area (Å²) in [5, 5.41) is 3.32. The molecule has 0 aliphatic heterocycles. The molecule has 0 bridgehead atoms. The molecule has 0 saturated heterocycles. The summed E-state index contributed by atoms with van der Waals surface area (Å²) in [6.07, 6.45) is 1.73. The van der Waals surface area contributed by atoms with E-state index in [1.165, 1.54) is 4.31 Å². The van der Waals surface area contributed by atoms with Crippen LogP contribution < -0.4 is 14.4 Å². The van der Waals surface area contributed by atoms with Gasteiger partial charge in [0.1, 0.15) is 12.4 Å². The fourth-order valence-corrected chi connectivity index (χ4v) is 3.89. The van der Waals surface area contributed by atoms with Crippen molar-refractivity contribution in [2.24, 2.45) is 0 Å². The van der Waals surface area contributed by atoms with Crippen LogP contribution in [0.25, 0.3) is 0 Å². The first-order chi connectivity index (χ1) is 13.6. The van der Waals surface area contributed by atoms with Gasteiger partial charge in [0.25, 0.3) is 0 Å². The van der Waals surface area contributed by atoms with Crippen LogP contribution in [-0.4, -0.2) is 39.8 Å². The molecule has 29 heavy (non-hydrogen) atoms. The van der Waals surface area contributed by atoms with Crippen molar-refractivity contribution in [1.82, 2.24) is 5.32 Å². The summed E-state index contributed by atoms with van der Waals surface area (Å²) in [6, 6.07) is 14.2. The zero-order valence-electron chi connectivity index (χ0n) is 16.9. The smallest absolute Gasteiger partial charge is 0.232 e. The van der Waals surface area contributed by atoms with Crippen molar-refractivity contribution in [3.63, 3.8) is 0 Å². The summed E-state index contributed by atoms with van der Waals surface area (Å²) in [5.74, 6) is 0.603. The zero-order valence-corrected chi connectivity index (χ0v) is 18.5. The molecule has 1 amide bonds. The van der Waals surface area contributed by atoms with Crippen molar-refractivity contribution in [2.45, 2.75) is 32.7 Å². The minimum atomic E-state index is -3.48. The van der Waals surface area contributed by atoms with Gasteiger partial charge in [-0.3, -0.25) is 9.10 Å². The molecule has 6 nitrogen and oxygen atoms in total. The first kappa shape index (κ1) is 23.0. The molecular formula is C21H27ClN2O4S. The van der Waals surface area contributed by atoms with Gasteiger partial charge >= 0.3 is 0 Å². The maximum absolute atomic E-state index is 12.2. The molecule has 0 aromatic heterocycles. The third-order valence-electron chi connectivity index (χ3n) is 4.19. The quantitative estimate of drug-likeness (QED) is 0.612. The second kappa shape index (κ2) is 10.5. The van der Waals surface area contributed by atoms with E-state index in [1.54, 1.807) is 24.3 Å². The Morgan fingerprint density at radius 1 is 1.21 bits per heavy atom. The fraction of sp³-hybridized carbons (Fsp3) is 0.381. The lowest BCUT2D eigenvalue weighted by molar-refractivity contribution is -0.121. The monoisotopic (exact) mass is 438 g/mol. The van der Waals surface area contributed by atoms with Crippen LogP contribution in [0.4, 0.5) is 5.69 Å². The number of carbonyl (C=O) groups is 1. The molecule has 2 aromatic carbocycles. The number of amides is 1. The van der Waals surface area contributed by atoms with E-state index in [0.717, 1.165) is 17.6 Å². The predicted molar refractivity (Wildman–Crippen MR) is 117 cm³/mol. The minimum absolute atomic E-state index is 0.149. The third kappa shape index (κ3) is 7.95. The largest absolute Gasteiger partial charge is 0.491 e. The lowest BCUT2D eigenvalue weighted by Gasteiger charge is -2.22. The van der Waals surface area contributed by atoms with Crippen LogP contribution in [-0.2, 0) is 14.8 Å². The first-order valence-corrected chi connectivity index (χ1v) is 11.6. The highest BCUT2D eigenvalue weighted by Crippen LogP contribution is 2.22. The molecular weight excluding hydrogens is 412 g/mol. The van der Waals surface area contributed by atoms with Gasteiger partial charge in [-0.1, -0.05) is 35.4 Å². The van der Waals surface area contributed by atoms with Gasteiger partial charge in [0, 0.05) is 18.0 Å². The van der Waals surface area contributed by atoms with Gasteiger partial charge in [-0.2, -0.15) is 0 Å². The summed E-state index contributed by atoms with van der Waals surface area (Å²) in [5.41, 5.74) is 1.64. The maximum atomic E-state index is 12.2. The van der Waals surface area contributed by atoms with E-state index >= 15 is 0 Å². The van der Waals surface area contributed by atoms with E-state index in [-0.39, 0.29) is 24.9 Å². The normalized spacial score (nSPS) is 12.3. The topological polar surface area (TPSA) is 75.7 Å². The molecule has 158 valence electrons. The highest BCUT2D eigenvalue weighted by molar-refractivity contribution is 7.92. The van der Waals surface area contributed by atoms with Gasteiger partial charge < -0.3 is 10.1 Å². The molecule has 2 aromatic rings. The average molecular weight is 439 g/mol. The number of sulfonamides is 1. The lowest BCUT2D eigenvalue weighted by atomic mass is 10.2. The summed E-state index contributed by atoms with van der Waals surface area (Å²) < 4.78 is 31.1. The zero-order chi connectivity index (χ0) is 21.4. The number of hydrogen-bond donors (Lipinski definition) is 1. The van der Waals surface area contributed by atoms with Crippen LogP contribution in [0, 0.1) is 6.92 Å². The van der Waals surface area contributed by atoms with E-state index in [1.807, 2.05) is 38.1 Å². The number of carbonyl (C=O) groups excluding carboxylic acids is 1. The van der Waals surface area contributed by atoms with Crippen molar-refractivity contribution >= 4 is 33.2 Å². The van der Waals surface area contributed by atoms with E-state index in [2.05, 4.69) is 5.32 Å². The Morgan fingerprint density at radius 3 is 2.52 bits per heavy atom. The van der Waals surface area contributed by atoms with Gasteiger partial charge in [-0.25, -0.2) is 8.42 Å². The predicted octanol–water partition coefficient (Wildman–Crippen LogP) is 3.78. The Kier molecular flexibility index (Phi) is 8.34. The molecule has 0 spiro atoms. The number of nitrogens with zero attached hydrogens (tertiary/aromatic N) is 1. The van der Waals surface area contributed by atoms with E-state index in [9.17, 15) is 13.2 Å². The minimum Gasteiger partial charge on any atom is -0.491 e. The summed E-state index contributed by atoms with van der Waals surface area (Å²) in [6.45, 7) is 4.42. The average Bonchev–Trinajstić information content (AvgIpc) is 2.63. The van der Waals surface area contributed by atoms with Gasteiger partial charge in [-0.15, -0.1) is 0 Å². The standard InChI is InChI=1S/C21H27ClN2O4S/c1-16-9-11-20(12-10-16)28-15-17(2)23-21(25)8-5-13-24(29(3,26)27)19-7-4-6-18(22)14-19/h4,6-7,9-12,14,17H,5,8,13,15H2,1-3H3,(H,23,25)/t17-/m0/s1. The summed E-state index contributed by atoms with van der Waals surface area (Å²) in [4.78, 5) is 12.2. The second-order valence-electron chi connectivity index (χ2n) is 7.01. The Labute approximate surface area is 177 Å². The van der Waals surface area contributed by atoms with Gasteiger partial charge in [0.15, 0.2) is 0 Å². The first-order valence-electron chi connectivity index (χ1n) is 9.37. The van der Waals surface area contributed by atoms with Gasteiger partial charge in [0.05, 0.1) is 18.0 Å². The van der Waals surface area contributed by atoms with Gasteiger partial charge in [-0.05, 0) is 50.6 Å². The SMILES string of the molecule is Cc1ccc(OC[C@H](C)NC(=O)CCCN(c2cccc(Cl)c2)S(C)(=O)=O)cc1. The van der Waals surface area contributed by atoms with E-state index < -0.39 is 10.0 Å². The van der Waals surface area contributed by atoms with Crippen molar-refractivity contribution in [3.8, 4) is 5.75 Å². The van der Waals surface area contributed by atoms with E-state index in [4.69, 9.17) is 16.3 Å². The molecule has 2 rings (SSSR count). The van der Waals surface area contributed by atoms with Crippen molar-refractivity contribution in [3.05, 3.63) is 59.1 Å². The highest BCUT2D eigenvalue weighted by atomic mass is 35.5. The molecule has 1 atom stereocenters. The molecule has 0 heterocycles. The molecule has 0 fully saturated rings. The Morgan fingerprint density at radius 2 is 1.90 bits per heavy atom. The Bertz CT molecular complexity index is 917. The van der Waals surface area contributed by atoms with Crippen LogP contribution in [0.3, 0.4) is 0 Å². The second-order valence-corrected chi connectivity index (χ2v) is 9.35. The van der Waals surface area contributed by atoms with Crippen LogP contribution in [0.5, 0.6) is 5.75 Å². The third-order valence-corrected chi connectivity index (χ3v) is 5.62. The lowest BCUT2D eigenvalue weighted by Crippen LogP contribution is -2.37. The number of hydrogen-bond acceptors (Lipinski definition) is 4. The number of benzene rings is 2. The number of rotatable bonds is 10. The number of aryl methyl sites for hydroxylation is 1. The van der Waals surface area contributed by atoms with Crippen LogP contribution in [0.2, 0.25) is 5.02 Å². The molecule has 0 radical (unpaired) electrons. The summed E-state index contributed by atoms with van der Waals surface area (Å²) >= 11 is 5.96. The van der Waals surface area contributed by atoms with Crippen molar-refractivity contribution < 1.29 is 17.9 Å². The number of halogens is 1. The van der Waals surface area contributed by atoms with Crippen LogP contribution in [0.1, 0.15) is 25.3 Å². The fourth-order valence-electron chi connectivity index (χ4n) is 2.75. The molecule has 8 heteroatoms. The molecule has 0 aliphatic carbocycles. The molecule has 0 saturated carbocycles. The highest BCUT2D eigenvalue weighted by Gasteiger charge is 2.18. The number of ether oxygens (including phenoxy) is 1. The van der Waals surface area contributed by atoms with Crippen molar-refractivity contribution in [1.29, 1.82) is 0 Å². The summed E-state index contributed by atoms with van der Waals surface area (Å²) in [7, 11) is -3.48. The molecule has 0 aliphatic rings. The number of nitrogens with one attached hydrogen (secondary N) is 1. The van der Waals surface area contributed by atoms with E-state index in [0.29, 0.717) is 23.7 Å². The Balaban J connectivity index is 1.80. The van der Waals surface area contributed by atoms with Gasteiger partial charge in [0.2, 0.25) is 15.9 Å². The van der Waals surface area contributed by atoms with Crippen molar-refractivity contribution in [2.75, 3.05) is 23.7 Å². The van der Waals surface area contributed by atoms with Crippen LogP contribution in [0.15, 0.2) is 48.5 Å². The number of anilines is 1. The maximum Gasteiger partial charge on any atom is 0.232 e. The molecule has 1 N–H and O–H groups in total. The molecule has 0 unspecified atom stereocenters.